The lowest BCUT2D eigenvalue weighted by Crippen LogP contribution is -2.59. The predicted molar refractivity (Wildman–Crippen MR) is 123 cm³/mol. The van der Waals surface area contributed by atoms with Crippen molar-refractivity contribution >= 4 is 32.6 Å². The van der Waals surface area contributed by atoms with Crippen LogP contribution in [0.1, 0.15) is 33.6 Å². The van der Waals surface area contributed by atoms with Crippen LogP contribution in [-0.2, 0) is 14.8 Å². The molecular weight excluding hydrogens is 488 g/mol. The summed E-state index contributed by atoms with van der Waals surface area (Å²) in [5, 5.41) is 10.4. The van der Waals surface area contributed by atoms with E-state index in [1.165, 1.54) is 10.6 Å². The van der Waals surface area contributed by atoms with Gasteiger partial charge >= 0.3 is 0 Å². The highest BCUT2D eigenvalue weighted by molar-refractivity contribution is 7.89. The highest BCUT2D eigenvalue weighted by Gasteiger charge is 2.38. The molecule has 2 aliphatic rings. The lowest BCUT2D eigenvalue weighted by atomic mass is 10.0. The lowest BCUT2D eigenvalue weighted by molar-refractivity contribution is -0.0523. The molecule has 0 unspecified atom stereocenters. The number of nitrogens with one attached hydrogen (secondary N) is 2. The van der Waals surface area contributed by atoms with Crippen molar-refractivity contribution in [2.45, 2.75) is 49.7 Å². The zero-order valence-corrected chi connectivity index (χ0v) is 20.4. The number of aromatic nitrogens is 4. The molecular formula is C20H25F2N7O3S2. The molecule has 5 heterocycles. The van der Waals surface area contributed by atoms with Gasteiger partial charge in [-0.2, -0.15) is 0 Å². The Morgan fingerprint density at radius 2 is 2.03 bits per heavy atom. The monoisotopic (exact) mass is 514 g/mol. The molecule has 2 N–H and O–H groups in total. The second-order valence-corrected chi connectivity index (χ2v) is 11.8. The molecule has 2 aliphatic heterocycles. The zero-order valence-electron chi connectivity index (χ0n) is 19.7. The van der Waals surface area contributed by atoms with Crippen molar-refractivity contribution in [1.82, 2.24) is 29.6 Å². The van der Waals surface area contributed by atoms with Crippen molar-refractivity contribution < 1.29 is 23.3 Å². The summed E-state index contributed by atoms with van der Waals surface area (Å²) in [6.45, 7) is 7.47. The molecule has 0 amide bonds. The highest BCUT2D eigenvalue weighted by atomic mass is 32.2. The van der Waals surface area contributed by atoms with E-state index in [1.807, 2.05) is 18.7 Å². The van der Waals surface area contributed by atoms with Gasteiger partial charge in [0.15, 0.2) is 15.8 Å². The van der Waals surface area contributed by atoms with Gasteiger partial charge in [0, 0.05) is 31.4 Å². The first-order valence-corrected chi connectivity index (χ1v) is 13.0. The number of hydrogen-bond donors (Lipinski definition) is 2. The lowest BCUT2D eigenvalue weighted by Gasteiger charge is -2.39. The number of rotatable bonds is 6. The Morgan fingerprint density at radius 1 is 1.32 bits per heavy atom. The molecule has 0 aromatic carbocycles. The van der Waals surface area contributed by atoms with Crippen molar-refractivity contribution in [3.05, 3.63) is 23.4 Å². The summed E-state index contributed by atoms with van der Waals surface area (Å²) in [4.78, 5) is 6.25. The van der Waals surface area contributed by atoms with Crippen molar-refractivity contribution in [1.29, 1.82) is 0 Å². The maximum Gasteiger partial charge on any atom is 0.291 e. The SMILES string of the molecule is [2H]c1nc(-c2nnc(C(F)F)s2)n2cc(S(=O)(=O)NC3(C)COC3)cc(N3C[C@H](C)N[C@@H](C)C3)c12. The van der Waals surface area contributed by atoms with Crippen LogP contribution in [-0.4, -0.2) is 71.9 Å². The first-order valence-electron chi connectivity index (χ1n) is 11.2. The fourth-order valence-electron chi connectivity index (χ4n) is 4.32. The summed E-state index contributed by atoms with van der Waals surface area (Å²) >= 11 is 0.656. The Labute approximate surface area is 200 Å². The first kappa shape index (κ1) is 22.2. The summed E-state index contributed by atoms with van der Waals surface area (Å²) < 4.78 is 70.9. The Bertz CT molecular complexity index is 1370. The van der Waals surface area contributed by atoms with Crippen LogP contribution >= 0.6 is 11.3 Å². The minimum Gasteiger partial charge on any atom is -0.377 e. The minimum absolute atomic E-state index is 0.0378. The number of hydrogen-bond acceptors (Lipinski definition) is 9. The number of piperazine rings is 1. The third kappa shape index (κ3) is 4.28. The van der Waals surface area contributed by atoms with E-state index in [0.29, 0.717) is 35.6 Å². The summed E-state index contributed by atoms with van der Waals surface area (Å²) in [5.41, 5.74) is 0.160. The Hall–Kier alpha value is -2.26. The Morgan fingerprint density at radius 3 is 2.62 bits per heavy atom. The number of anilines is 1. The molecule has 34 heavy (non-hydrogen) atoms. The molecule has 0 spiro atoms. The second kappa shape index (κ2) is 8.45. The van der Waals surface area contributed by atoms with E-state index in [-0.39, 0.29) is 47.2 Å². The van der Waals surface area contributed by atoms with Crippen LogP contribution in [0.2, 0.25) is 0 Å². The fraction of sp³-hybridized carbons (Fsp3) is 0.550. The van der Waals surface area contributed by atoms with Crippen molar-refractivity contribution in [3.8, 4) is 10.8 Å². The third-order valence-corrected chi connectivity index (χ3v) is 8.30. The highest BCUT2D eigenvalue weighted by Crippen LogP contribution is 2.34. The normalized spacial score (nSPS) is 23.4. The number of fused-ring (bicyclic) bond motifs is 1. The van der Waals surface area contributed by atoms with Gasteiger partial charge in [0.05, 0.1) is 37.5 Å². The molecule has 2 saturated heterocycles. The molecule has 10 nitrogen and oxygen atoms in total. The Balaban J connectivity index is 1.70. The van der Waals surface area contributed by atoms with Gasteiger partial charge in [0.1, 0.15) is 4.90 Å². The van der Waals surface area contributed by atoms with Gasteiger partial charge in [0.2, 0.25) is 10.0 Å². The largest absolute Gasteiger partial charge is 0.377 e. The summed E-state index contributed by atoms with van der Waals surface area (Å²) in [5.74, 6) is 0.0853. The fourth-order valence-corrected chi connectivity index (χ4v) is 6.40. The molecule has 0 radical (unpaired) electrons. The van der Waals surface area contributed by atoms with Gasteiger partial charge in [-0.15, -0.1) is 10.2 Å². The Kier molecular flexibility index (Phi) is 5.52. The average molecular weight is 515 g/mol. The van der Waals surface area contributed by atoms with E-state index in [1.54, 1.807) is 13.0 Å². The molecule has 14 heteroatoms. The van der Waals surface area contributed by atoms with E-state index >= 15 is 0 Å². The number of pyridine rings is 1. The van der Waals surface area contributed by atoms with Crippen LogP contribution in [0.3, 0.4) is 0 Å². The number of sulfonamides is 1. The number of alkyl halides is 2. The van der Waals surface area contributed by atoms with Gasteiger partial charge in [-0.05, 0) is 26.8 Å². The molecule has 0 aliphatic carbocycles. The van der Waals surface area contributed by atoms with E-state index in [9.17, 15) is 17.2 Å². The number of nitrogens with zero attached hydrogens (tertiary/aromatic N) is 5. The van der Waals surface area contributed by atoms with Crippen molar-refractivity contribution in [2.75, 3.05) is 31.2 Å². The van der Waals surface area contributed by atoms with Gasteiger partial charge in [-0.25, -0.2) is 26.9 Å². The molecule has 3 aromatic heterocycles. The number of imidazole rings is 1. The predicted octanol–water partition coefficient (Wildman–Crippen LogP) is 2.04. The van der Waals surface area contributed by atoms with E-state index in [2.05, 4.69) is 25.2 Å². The molecule has 2 atom stereocenters. The van der Waals surface area contributed by atoms with E-state index in [4.69, 9.17) is 6.11 Å². The molecule has 184 valence electrons. The molecule has 0 saturated carbocycles. The summed E-state index contributed by atoms with van der Waals surface area (Å²) in [7, 11) is -3.99. The van der Waals surface area contributed by atoms with Crippen LogP contribution in [0.15, 0.2) is 23.3 Å². The van der Waals surface area contributed by atoms with Crippen LogP contribution in [0.4, 0.5) is 14.5 Å². The third-order valence-electron chi connectivity index (χ3n) is 5.76. The molecule has 3 aromatic rings. The smallest absolute Gasteiger partial charge is 0.291 e. The van der Waals surface area contributed by atoms with Crippen molar-refractivity contribution in [2.24, 2.45) is 0 Å². The average Bonchev–Trinajstić information content (AvgIpc) is 3.36. The second-order valence-electron chi connectivity index (χ2n) is 9.11. The molecule has 5 rings (SSSR count). The van der Waals surface area contributed by atoms with Gasteiger partial charge < -0.3 is 15.0 Å². The van der Waals surface area contributed by atoms with Crippen molar-refractivity contribution in [3.63, 3.8) is 0 Å². The van der Waals surface area contributed by atoms with Gasteiger partial charge in [-0.1, -0.05) is 11.3 Å². The maximum absolute atomic E-state index is 13.4. The summed E-state index contributed by atoms with van der Waals surface area (Å²) in [6.07, 6.45) is -1.56. The zero-order chi connectivity index (χ0) is 25.1. The van der Waals surface area contributed by atoms with Crippen LogP contribution in [0.5, 0.6) is 0 Å². The number of ether oxygens (including phenoxy) is 1. The van der Waals surface area contributed by atoms with Gasteiger partial charge in [-0.3, -0.25) is 4.40 Å². The molecule has 2 fully saturated rings. The van der Waals surface area contributed by atoms with E-state index < -0.39 is 27.0 Å². The van der Waals surface area contributed by atoms with Gasteiger partial charge in [0.25, 0.3) is 6.43 Å². The van der Waals surface area contributed by atoms with Crippen LogP contribution in [0.25, 0.3) is 16.3 Å². The molecule has 0 bridgehead atoms. The quantitative estimate of drug-likeness (QED) is 0.514. The minimum atomic E-state index is -3.99. The number of halogens is 2. The first-order chi connectivity index (χ1) is 16.5. The van der Waals surface area contributed by atoms with Crippen LogP contribution in [0, 0.1) is 0 Å². The standard InChI is InChI=1S/C20H25F2N7O3S2/c1-11-6-28(7-12(2)24-11)14-4-13(34(30,31)27-20(3)9-32-10-20)8-29-15(14)5-23-17(29)19-26-25-18(33-19)16(21)22/h4-5,8,11-12,16,24,27H,6-7,9-10H2,1-3H3/t11-,12-/m0/s1/i5D. The summed E-state index contributed by atoms with van der Waals surface area (Å²) in [6, 6.07) is 1.78. The maximum atomic E-state index is 13.4. The van der Waals surface area contributed by atoms with Crippen LogP contribution < -0.4 is 14.9 Å². The topological polar surface area (TPSA) is 114 Å². The van der Waals surface area contributed by atoms with E-state index in [0.717, 1.165) is 0 Å².